The summed E-state index contributed by atoms with van der Waals surface area (Å²) in [6.07, 6.45) is 2.53. The van der Waals surface area contributed by atoms with Crippen molar-refractivity contribution < 1.29 is 18.6 Å². The van der Waals surface area contributed by atoms with Gasteiger partial charge < -0.3 is 20.1 Å². The van der Waals surface area contributed by atoms with Crippen LogP contribution in [0.5, 0.6) is 5.75 Å². The average molecular weight is 393 g/mol. The van der Waals surface area contributed by atoms with Gasteiger partial charge in [-0.1, -0.05) is 15.9 Å². The molecule has 0 radical (unpaired) electrons. The normalized spacial score (nSPS) is 16.9. The molecule has 0 unspecified atom stereocenters. The minimum atomic E-state index is -2.82. The van der Waals surface area contributed by atoms with Gasteiger partial charge in [-0.25, -0.2) is 0 Å². The number of halogens is 3. The number of aliphatic hydroxyl groups excluding tert-OH is 1. The van der Waals surface area contributed by atoms with Crippen molar-refractivity contribution in [2.24, 2.45) is 0 Å². The molecule has 0 saturated carbocycles. The summed E-state index contributed by atoms with van der Waals surface area (Å²) in [5.74, 6) is 0.209. The first-order valence-electron chi connectivity index (χ1n) is 7.89. The van der Waals surface area contributed by atoms with Gasteiger partial charge in [0.25, 0.3) is 0 Å². The van der Waals surface area contributed by atoms with Gasteiger partial charge in [-0.3, -0.25) is 0 Å². The van der Waals surface area contributed by atoms with Crippen LogP contribution in [0, 0.1) is 0 Å². The molecule has 0 bridgehead atoms. The quantitative estimate of drug-likeness (QED) is 0.667. The van der Waals surface area contributed by atoms with Gasteiger partial charge in [0.15, 0.2) is 0 Å². The molecular formula is C16H23BrF2N2O2. The molecule has 2 rings (SSSR count). The SMILES string of the molecule is OC1CCN(CCCNCc2cc(Br)ccc2OC(F)F)CC1. The molecule has 130 valence electrons. The Balaban J connectivity index is 1.70. The monoisotopic (exact) mass is 392 g/mol. The highest BCUT2D eigenvalue weighted by atomic mass is 79.9. The smallest absolute Gasteiger partial charge is 0.387 e. The third-order valence-electron chi connectivity index (χ3n) is 3.94. The molecule has 0 aromatic heterocycles. The van der Waals surface area contributed by atoms with E-state index in [4.69, 9.17) is 0 Å². The number of ether oxygens (including phenoxy) is 1. The number of hydrogen-bond donors (Lipinski definition) is 2. The number of benzene rings is 1. The van der Waals surface area contributed by atoms with E-state index in [0.717, 1.165) is 49.9 Å². The summed E-state index contributed by atoms with van der Waals surface area (Å²) in [6.45, 7) is 1.35. The van der Waals surface area contributed by atoms with E-state index < -0.39 is 6.61 Å². The summed E-state index contributed by atoms with van der Waals surface area (Å²) in [5.41, 5.74) is 0.709. The lowest BCUT2D eigenvalue weighted by Gasteiger charge is -2.29. The Labute approximate surface area is 143 Å². The van der Waals surface area contributed by atoms with E-state index in [1.54, 1.807) is 18.2 Å². The Morgan fingerprint density at radius 3 is 2.78 bits per heavy atom. The molecule has 1 saturated heterocycles. The fraction of sp³-hybridized carbons (Fsp3) is 0.625. The highest BCUT2D eigenvalue weighted by Crippen LogP contribution is 2.24. The third-order valence-corrected chi connectivity index (χ3v) is 4.43. The topological polar surface area (TPSA) is 44.7 Å². The maximum absolute atomic E-state index is 12.4. The maximum Gasteiger partial charge on any atom is 0.387 e. The number of likely N-dealkylation sites (tertiary alicyclic amines) is 1. The van der Waals surface area contributed by atoms with Crippen LogP contribution in [0.1, 0.15) is 24.8 Å². The van der Waals surface area contributed by atoms with Crippen molar-refractivity contribution in [3.05, 3.63) is 28.2 Å². The first-order chi connectivity index (χ1) is 11.0. The summed E-state index contributed by atoms with van der Waals surface area (Å²) >= 11 is 3.34. The van der Waals surface area contributed by atoms with Crippen LogP contribution in [-0.2, 0) is 6.54 Å². The number of nitrogens with one attached hydrogen (secondary N) is 1. The van der Waals surface area contributed by atoms with E-state index in [0.29, 0.717) is 12.1 Å². The molecule has 0 spiro atoms. The molecule has 23 heavy (non-hydrogen) atoms. The molecule has 1 fully saturated rings. The number of hydrogen-bond acceptors (Lipinski definition) is 4. The molecule has 0 aliphatic carbocycles. The lowest BCUT2D eigenvalue weighted by Crippen LogP contribution is -2.37. The van der Waals surface area contributed by atoms with Crippen LogP contribution in [0.4, 0.5) is 8.78 Å². The van der Waals surface area contributed by atoms with Crippen LogP contribution in [0.15, 0.2) is 22.7 Å². The van der Waals surface area contributed by atoms with Crippen molar-refractivity contribution in [1.29, 1.82) is 0 Å². The molecular weight excluding hydrogens is 370 g/mol. The molecule has 1 aromatic carbocycles. The zero-order valence-corrected chi connectivity index (χ0v) is 14.6. The molecule has 2 N–H and O–H groups in total. The third kappa shape index (κ3) is 6.71. The largest absolute Gasteiger partial charge is 0.434 e. The van der Waals surface area contributed by atoms with E-state index >= 15 is 0 Å². The van der Waals surface area contributed by atoms with Gasteiger partial charge in [0.2, 0.25) is 0 Å². The van der Waals surface area contributed by atoms with Crippen LogP contribution in [0.3, 0.4) is 0 Å². The first-order valence-corrected chi connectivity index (χ1v) is 8.68. The van der Waals surface area contributed by atoms with E-state index in [2.05, 4.69) is 30.9 Å². The molecule has 4 nitrogen and oxygen atoms in total. The first kappa shape index (κ1) is 18.6. The zero-order valence-electron chi connectivity index (χ0n) is 13.0. The summed E-state index contributed by atoms with van der Waals surface area (Å²) < 4.78 is 30.2. The molecule has 1 aliphatic rings. The number of aliphatic hydroxyl groups is 1. The molecule has 1 heterocycles. The standard InChI is InChI=1S/C16H23BrF2N2O2/c17-13-2-3-15(23-16(18)19)12(10-13)11-20-6-1-7-21-8-4-14(22)5-9-21/h2-3,10,14,16,20,22H,1,4-9,11H2. The summed E-state index contributed by atoms with van der Waals surface area (Å²) in [7, 11) is 0. The number of alkyl halides is 2. The second kappa shape index (κ2) is 9.52. The van der Waals surface area contributed by atoms with Crippen LogP contribution in [0.25, 0.3) is 0 Å². The number of rotatable bonds is 8. The number of piperidine rings is 1. The van der Waals surface area contributed by atoms with Crippen LogP contribution in [0.2, 0.25) is 0 Å². The van der Waals surface area contributed by atoms with E-state index in [1.165, 1.54) is 0 Å². The number of nitrogens with zero attached hydrogens (tertiary/aromatic N) is 1. The van der Waals surface area contributed by atoms with Gasteiger partial charge in [-0.15, -0.1) is 0 Å². The van der Waals surface area contributed by atoms with E-state index in [1.807, 2.05) is 0 Å². The fourth-order valence-electron chi connectivity index (χ4n) is 2.69. The Hall–Kier alpha value is -0.760. The van der Waals surface area contributed by atoms with Gasteiger partial charge in [0.1, 0.15) is 5.75 Å². The highest BCUT2D eigenvalue weighted by Gasteiger charge is 2.16. The van der Waals surface area contributed by atoms with E-state index in [-0.39, 0.29) is 11.9 Å². The van der Waals surface area contributed by atoms with Gasteiger partial charge >= 0.3 is 6.61 Å². The van der Waals surface area contributed by atoms with Crippen LogP contribution >= 0.6 is 15.9 Å². The van der Waals surface area contributed by atoms with E-state index in [9.17, 15) is 13.9 Å². The van der Waals surface area contributed by atoms with Gasteiger partial charge in [0, 0.05) is 29.7 Å². The molecule has 1 aliphatic heterocycles. The van der Waals surface area contributed by atoms with Crippen molar-refractivity contribution >= 4 is 15.9 Å². The Morgan fingerprint density at radius 2 is 2.09 bits per heavy atom. The van der Waals surface area contributed by atoms with Crippen molar-refractivity contribution in [1.82, 2.24) is 10.2 Å². The molecule has 1 aromatic rings. The second-order valence-electron chi connectivity index (χ2n) is 5.73. The predicted molar refractivity (Wildman–Crippen MR) is 88.8 cm³/mol. The zero-order chi connectivity index (χ0) is 16.7. The van der Waals surface area contributed by atoms with Crippen molar-refractivity contribution in [3.8, 4) is 5.75 Å². The molecule has 0 atom stereocenters. The fourth-order valence-corrected chi connectivity index (χ4v) is 3.10. The summed E-state index contributed by atoms with van der Waals surface area (Å²) in [5, 5.41) is 12.7. The molecule has 7 heteroatoms. The Morgan fingerprint density at radius 1 is 1.35 bits per heavy atom. The average Bonchev–Trinajstić information content (AvgIpc) is 2.51. The van der Waals surface area contributed by atoms with Crippen molar-refractivity contribution in [3.63, 3.8) is 0 Å². The maximum atomic E-state index is 12.4. The summed E-state index contributed by atoms with van der Waals surface area (Å²) in [4.78, 5) is 2.35. The van der Waals surface area contributed by atoms with Crippen LogP contribution < -0.4 is 10.1 Å². The second-order valence-corrected chi connectivity index (χ2v) is 6.65. The Kier molecular flexibility index (Phi) is 7.69. The predicted octanol–water partition coefficient (Wildman–Crippen LogP) is 2.99. The van der Waals surface area contributed by atoms with Crippen molar-refractivity contribution in [2.75, 3.05) is 26.2 Å². The minimum absolute atomic E-state index is 0.144. The van der Waals surface area contributed by atoms with Gasteiger partial charge in [-0.2, -0.15) is 8.78 Å². The lowest BCUT2D eigenvalue weighted by atomic mass is 10.1. The van der Waals surface area contributed by atoms with Gasteiger partial charge in [0.05, 0.1) is 6.10 Å². The lowest BCUT2D eigenvalue weighted by molar-refractivity contribution is -0.0505. The van der Waals surface area contributed by atoms with Crippen molar-refractivity contribution in [2.45, 2.75) is 38.5 Å². The molecule has 0 amide bonds. The highest BCUT2D eigenvalue weighted by molar-refractivity contribution is 9.10. The Bertz CT molecular complexity index is 483. The van der Waals surface area contributed by atoms with Crippen LogP contribution in [-0.4, -0.2) is 48.9 Å². The van der Waals surface area contributed by atoms with Gasteiger partial charge in [-0.05, 0) is 50.6 Å². The minimum Gasteiger partial charge on any atom is -0.434 e. The summed E-state index contributed by atoms with van der Waals surface area (Å²) in [6, 6.07) is 5.02.